The topological polar surface area (TPSA) is 57.5 Å². The number of benzene rings is 1. The molecule has 2 rings (SSSR count). The molecular formula is C14H16F2O3. The highest BCUT2D eigenvalue weighted by atomic mass is 19.3. The van der Waals surface area contributed by atoms with E-state index >= 15 is 0 Å². The molecule has 104 valence electrons. The minimum absolute atomic E-state index is 0.00466. The lowest BCUT2D eigenvalue weighted by Gasteiger charge is -2.37. The van der Waals surface area contributed by atoms with Gasteiger partial charge in [0.25, 0.3) is 0 Å². The van der Waals surface area contributed by atoms with Gasteiger partial charge in [0.15, 0.2) is 5.60 Å². The molecule has 0 saturated heterocycles. The van der Waals surface area contributed by atoms with Gasteiger partial charge in [-0.3, -0.25) is 0 Å². The lowest BCUT2D eigenvalue weighted by Crippen LogP contribution is -2.45. The Labute approximate surface area is 109 Å². The Bertz CT molecular complexity index is 451. The molecule has 0 amide bonds. The number of halogens is 2. The van der Waals surface area contributed by atoms with Crippen molar-refractivity contribution in [2.45, 2.75) is 37.2 Å². The fraction of sp³-hybridized carbons (Fsp3) is 0.500. The van der Waals surface area contributed by atoms with Gasteiger partial charge in [0.05, 0.1) is 0 Å². The largest absolute Gasteiger partial charge is 0.479 e. The fourth-order valence-electron chi connectivity index (χ4n) is 2.68. The molecule has 1 saturated carbocycles. The Kier molecular flexibility index (Phi) is 3.58. The zero-order valence-electron chi connectivity index (χ0n) is 10.4. The molecule has 5 heteroatoms. The predicted molar refractivity (Wildman–Crippen MR) is 64.9 cm³/mol. The number of carbonyl (C=O) groups is 1. The Hall–Kier alpha value is -1.49. The maximum atomic E-state index is 13.1. The summed E-state index contributed by atoms with van der Waals surface area (Å²) in [5.74, 6) is -4.81. The number of carboxylic acids is 1. The van der Waals surface area contributed by atoms with E-state index in [9.17, 15) is 23.8 Å². The first-order valence-corrected chi connectivity index (χ1v) is 6.25. The molecule has 2 N–H and O–H groups in total. The number of rotatable bonds is 3. The minimum atomic E-state index is -2.74. The Balaban J connectivity index is 2.29. The van der Waals surface area contributed by atoms with Crippen LogP contribution in [0.15, 0.2) is 30.3 Å². The SMILES string of the molecule is O=C(O)[C@](O)(c1ccccc1)C1CCC(F)(F)CC1. The maximum Gasteiger partial charge on any atom is 0.340 e. The van der Waals surface area contributed by atoms with E-state index in [2.05, 4.69) is 0 Å². The van der Waals surface area contributed by atoms with Crippen molar-refractivity contribution in [1.29, 1.82) is 0 Å². The molecular weight excluding hydrogens is 254 g/mol. The number of alkyl halides is 2. The van der Waals surface area contributed by atoms with Gasteiger partial charge >= 0.3 is 5.97 Å². The van der Waals surface area contributed by atoms with Crippen molar-refractivity contribution in [3.8, 4) is 0 Å². The Morgan fingerprint density at radius 2 is 1.74 bits per heavy atom. The van der Waals surface area contributed by atoms with E-state index in [1.165, 1.54) is 12.1 Å². The molecule has 19 heavy (non-hydrogen) atoms. The van der Waals surface area contributed by atoms with Crippen molar-refractivity contribution >= 4 is 5.97 Å². The number of aliphatic hydroxyl groups is 1. The van der Waals surface area contributed by atoms with Crippen molar-refractivity contribution in [1.82, 2.24) is 0 Å². The molecule has 0 bridgehead atoms. The zero-order valence-corrected chi connectivity index (χ0v) is 10.4. The van der Waals surface area contributed by atoms with E-state index in [4.69, 9.17) is 0 Å². The number of hydrogen-bond acceptors (Lipinski definition) is 2. The van der Waals surface area contributed by atoms with Crippen LogP contribution in [0, 0.1) is 5.92 Å². The second-order valence-electron chi connectivity index (χ2n) is 5.07. The van der Waals surface area contributed by atoms with Crippen LogP contribution in [0.4, 0.5) is 8.78 Å². The highest BCUT2D eigenvalue weighted by Crippen LogP contribution is 2.44. The smallest absolute Gasteiger partial charge is 0.340 e. The Morgan fingerprint density at radius 1 is 1.21 bits per heavy atom. The van der Waals surface area contributed by atoms with Crippen LogP contribution in [0.5, 0.6) is 0 Å². The standard InChI is InChI=1S/C14H16F2O3/c15-13(16)8-6-11(7-9-13)14(19,12(17)18)10-4-2-1-3-5-10/h1-5,11,19H,6-9H2,(H,17,18)/t14-/m0/s1. The third-order valence-electron chi connectivity index (χ3n) is 3.85. The molecule has 1 aromatic carbocycles. The van der Waals surface area contributed by atoms with Crippen LogP contribution in [-0.2, 0) is 10.4 Å². The second kappa shape index (κ2) is 4.89. The molecule has 1 aromatic rings. The first-order valence-electron chi connectivity index (χ1n) is 6.25. The lowest BCUT2D eigenvalue weighted by atomic mass is 9.72. The van der Waals surface area contributed by atoms with Crippen LogP contribution in [0.1, 0.15) is 31.2 Å². The van der Waals surface area contributed by atoms with Crippen LogP contribution in [0.25, 0.3) is 0 Å². The van der Waals surface area contributed by atoms with E-state index in [1.54, 1.807) is 18.2 Å². The molecule has 0 aliphatic heterocycles. The molecule has 1 atom stereocenters. The van der Waals surface area contributed by atoms with Gasteiger partial charge in [0, 0.05) is 18.8 Å². The number of carboxylic acid groups (broad SMARTS) is 1. The third-order valence-corrected chi connectivity index (χ3v) is 3.85. The van der Waals surface area contributed by atoms with Crippen molar-refractivity contribution in [2.24, 2.45) is 5.92 Å². The summed E-state index contributed by atoms with van der Waals surface area (Å²) in [6.45, 7) is 0. The first-order chi connectivity index (χ1) is 8.86. The van der Waals surface area contributed by atoms with Crippen LogP contribution >= 0.6 is 0 Å². The van der Waals surface area contributed by atoms with Gasteiger partial charge in [-0.1, -0.05) is 30.3 Å². The third kappa shape index (κ3) is 2.61. The monoisotopic (exact) mass is 270 g/mol. The van der Waals surface area contributed by atoms with E-state index in [-0.39, 0.29) is 31.2 Å². The summed E-state index contributed by atoms with van der Waals surface area (Å²) in [5.41, 5.74) is -1.84. The summed E-state index contributed by atoms with van der Waals surface area (Å²) in [5, 5.41) is 19.8. The van der Waals surface area contributed by atoms with Crippen molar-refractivity contribution in [2.75, 3.05) is 0 Å². The normalized spacial score (nSPS) is 22.7. The van der Waals surface area contributed by atoms with E-state index in [0.717, 1.165) is 0 Å². The average molecular weight is 270 g/mol. The highest BCUT2D eigenvalue weighted by Gasteiger charge is 2.49. The number of hydrogen-bond donors (Lipinski definition) is 2. The summed E-state index contributed by atoms with van der Waals surface area (Å²) >= 11 is 0. The molecule has 0 unspecified atom stereocenters. The molecule has 0 spiro atoms. The molecule has 0 heterocycles. The van der Waals surface area contributed by atoms with Crippen LogP contribution in [0.2, 0.25) is 0 Å². The van der Waals surface area contributed by atoms with Crippen LogP contribution in [-0.4, -0.2) is 22.1 Å². The molecule has 1 aliphatic rings. The lowest BCUT2D eigenvalue weighted by molar-refractivity contribution is -0.172. The summed E-state index contributed by atoms with van der Waals surface area (Å²) < 4.78 is 26.3. The van der Waals surface area contributed by atoms with Gasteiger partial charge in [-0.05, 0) is 18.4 Å². The second-order valence-corrected chi connectivity index (χ2v) is 5.07. The summed E-state index contributed by atoms with van der Waals surface area (Å²) in [7, 11) is 0. The fourth-order valence-corrected chi connectivity index (χ4v) is 2.68. The molecule has 1 aliphatic carbocycles. The van der Waals surface area contributed by atoms with Gasteiger partial charge < -0.3 is 10.2 Å². The number of aliphatic carboxylic acids is 1. The van der Waals surface area contributed by atoms with E-state index in [1.807, 2.05) is 0 Å². The van der Waals surface area contributed by atoms with E-state index in [0.29, 0.717) is 0 Å². The summed E-state index contributed by atoms with van der Waals surface area (Å²) in [4.78, 5) is 11.4. The quantitative estimate of drug-likeness (QED) is 0.888. The van der Waals surface area contributed by atoms with Crippen molar-refractivity contribution < 1.29 is 23.8 Å². The van der Waals surface area contributed by atoms with Crippen LogP contribution in [0.3, 0.4) is 0 Å². The molecule has 3 nitrogen and oxygen atoms in total. The van der Waals surface area contributed by atoms with Gasteiger partial charge in [-0.2, -0.15) is 0 Å². The summed E-state index contributed by atoms with van der Waals surface area (Å²) in [6, 6.07) is 7.99. The molecule has 1 fully saturated rings. The van der Waals surface area contributed by atoms with Gasteiger partial charge in [0.2, 0.25) is 5.92 Å². The van der Waals surface area contributed by atoms with Crippen molar-refractivity contribution in [3.63, 3.8) is 0 Å². The van der Waals surface area contributed by atoms with Gasteiger partial charge in [0.1, 0.15) is 0 Å². The maximum absolute atomic E-state index is 13.1. The van der Waals surface area contributed by atoms with Gasteiger partial charge in [-0.25, -0.2) is 13.6 Å². The highest BCUT2D eigenvalue weighted by molar-refractivity contribution is 5.79. The van der Waals surface area contributed by atoms with Gasteiger partial charge in [-0.15, -0.1) is 0 Å². The molecule has 0 radical (unpaired) electrons. The Morgan fingerprint density at radius 3 is 2.21 bits per heavy atom. The zero-order chi connectivity index (χ0) is 14.1. The first kappa shape index (κ1) is 13.9. The minimum Gasteiger partial charge on any atom is -0.479 e. The van der Waals surface area contributed by atoms with Crippen LogP contribution < -0.4 is 0 Å². The summed E-state index contributed by atoms with van der Waals surface area (Å²) in [6.07, 6.45) is -0.741. The van der Waals surface area contributed by atoms with Crippen molar-refractivity contribution in [3.05, 3.63) is 35.9 Å². The molecule has 0 aromatic heterocycles. The average Bonchev–Trinajstić information content (AvgIpc) is 2.38. The predicted octanol–water partition coefficient (Wildman–Crippen LogP) is 2.78. The van der Waals surface area contributed by atoms with E-state index < -0.39 is 23.4 Å².